The molecule has 1 saturated heterocycles. The molecule has 2 atom stereocenters. The summed E-state index contributed by atoms with van der Waals surface area (Å²) < 4.78 is 39.7. The number of hydrogen-bond donors (Lipinski definition) is 0. The van der Waals surface area contributed by atoms with Gasteiger partial charge in [0, 0.05) is 24.0 Å². The van der Waals surface area contributed by atoms with Gasteiger partial charge in [0.05, 0.1) is 6.54 Å². The Bertz CT molecular complexity index is 1100. The minimum Gasteiger partial charge on any atom is -0.443 e. The summed E-state index contributed by atoms with van der Waals surface area (Å²) in [6, 6.07) is 2.65. The van der Waals surface area contributed by atoms with Crippen molar-refractivity contribution in [3.8, 4) is 0 Å². The van der Waals surface area contributed by atoms with Crippen molar-refractivity contribution in [2.45, 2.75) is 84.1 Å². The second-order valence-corrected chi connectivity index (χ2v) is 11.9. The van der Waals surface area contributed by atoms with Gasteiger partial charge in [-0.2, -0.15) is 4.90 Å². The molecule has 0 bridgehead atoms. The number of carbonyl (C=O) groups excluding carboxylic acids is 3. The highest BCUT2D eigenvalue weighted by molar-refractivity contribution is 7.09. The largest absolute Gasteiger partial charge is 0.443 e. The van der Waals surface area contributed by atoms with Gasteiger partial charge in [-0.1, -0.05) is 12.1 Å². The zero-order valence-electron chi connectivity index (χ0n) is 21.9. The summed E-state index contributed by atoms with van der Waals surface area (Å²) in [6.45, 7) is 9.99. The molecule has 0 spiro atoms. The number of carbonyl (C=O) groups is 3. The molecule has 1 aromatic carbocycles. The Hall–Kier alpha value is -3.08. The molecule has 8 nitrogen and oxygen atoms in total. The molecule has 3 rings (SSSR count). The van der Waals surface area contributed by atoms with Gasteiger partial charge in [0.2, 0.25) is 5.91 Å². The van der Waals surface area contributed by atoms with E-state index in [9.17, 15) is 23.2 Å². The first-order valence-electron chi connectivity index (χ1n) is 12.0. The van der Waals surface area contributed by atoms with Crippen LogP contribution in [0.1, 0.15) is 70.9 Å². The summed E-state index contributed by atoms with van der Waals surface area (Å²) in [5.74, 6) is -3.08. The third-order valence-corrected chi connectivity index (χ3v) is 6.31. The summed E-state index contributed by atoms with van der Waals surface area (Å²) in [4.78, 5) is 46.7. The summed E-state index contributed by atoms with van der Waals surface area (Å²) in [5.41, 5.74) is -1.77. The van der Waals surface area contributed by atoms with Crippen LogP contribution in [-0.4, -0.2) is 56.7 Å². The molecule has 0 aliphatic carbocycles. The van der Waals surface area contributed by atoms with Crippen LogP contribution in [0.5, 0.6) is 0 Å². The average molecular weight is 538 g/mol. The molecule has 3 amide bonds. The molecule has 2 heterocycles. The van der Waals surface area contributed by atoms with Crippen LogP contribution in [0.25, 0.3) is 0 Å². The maximum Gasteiger partial charge on any atom is 0.420 e. The number of thiazole rings is 1. The highest BCUT2D eigenvalue weighted by atomic mass is 32.1. The summed E-state index contributed by atoms with van der Waals surface area (Å²) in [6.07, 6.45) is -0.245. The van der Waals surface area contributed by atoms with Crippen LogP contribution in [0.4, 0.5) is 18.4 Å². The summed E-state index contributed by atoms with van der Waals surface area (Å²) in [7, 11) is 0. The van der Waals surface area contributed by atoms with Crippen molar-refractivity contribution in [1.29, 1.82) is 0 Å². The number of amides is 3. The van der Waals surface area contributed by atoms with Gasteiger partial charge < -0.3 is 14.4 Å². The van der Waals surface area contributed by atoms with Crippen LogP contribution in [0.15, 0.2) is 29.8 Å². The Kier molecular flexibility index (Phi) is 8.56. The van der Waals surface area contributed by atoms with Crippen molar-refractivity contribution in [2.24, 2.45) is 0 Å². The fraction of sp³-hybridized carbons (Fsp3) is 0.538. The summed E-state index contributed by atoms with van der Waals surface area (Å²) in [5, 5.41) is 2.38. The second-order valence-electron chi connectivity index (χ2n) is 10.9. The van der Waals surface area contributed by atoms with E-state index in [1.807, 2.05) is 0 Å². The number of nitrogens with zero attached hydrogens (tertiary/aromatic N) is 3. The third-order valence-electron chi connectivity index (χ3n) is 5.55. The molecule has 0 N–H and O–H groups in total. The van der Waals surface area contributed by atoms with E-state index in [4.69, 9.17) is 9.47 Å². The van der Waals surface area contributed by atoms with Crippen molar-refractivity contribution >= 4 is 29.4 Å². The normalized spacial score (nSPS) is 18.8. The predicted molar refractivity (Wildman–Crippen MR) is 134 cm³/mol. The minimum atomic E-state index is -1.27. The molecule has 11 heteroatoms. The van der Waals surface area contributed by atoms with E-state index in [1.54, 1.807) is 53.1 Å². The Morgan fingerprint density at radius 1 is 1.08 bits per heavy atom. The molecule has 1 aliphatic heterocycles. The maximum absolute atomic E-state index is 14.8. The maximum atomic E-state index is 14.8. The van der Waals surface area contributed by atoms with E-state index in [0.29, 0.717) is 9.91 Å². The van der Waals surface area contributed by atoms with E-state index >= 15 is 0 Å². The van der Waals surface area contributed by atoms with E-state index in [-0.39, 0.29) is 31.5 Å². The van der Waals surface area contributed by atoms with Crippen molar-refractivity contribution in [1.82, 2.24) is 14.8 Å². The van der Waals surface area contributed by atoms with Gasteiger partial charge in [0.15, 0.2) is 11.6 Å². The van der Waals surface area contributed by atoms with Gasteiger partial charge in [-0.15, -0.1) is 11.3 Å². The number of rotatable bonds is 4. The molecule has 0 saturated carbocycles. The molecule has 37 heavy (non-hydrogen) atoms. The van der Waals surface area contributed by atoms with Crippen LogP contribution in [0.2, 0.25) is 0 Å². The Balaban J connectivity index is 2.03. The average Bonchev–Trinajstić information content (AvgIpc) is 3.21. The quantitative estimate of drug-likeness (QED) is 0.485. The van der Waals surface area contributed by atoms with Crippen LogP contribution >= 0.6 is 11.3 Å². The molecular formula is C26H33F2N3O5S. The minimum absolute atomic E-state index is 0.00626. The van der Waals surface area contributed by atoms with Gasteiger partial charge in [0.1, 0.15) is 22.3 Å². The lowest BCUT2D eigenvalue weighted by Crippen LogP contribution is -2.54. The molecule has 202 valence electrons. The first-order chi connectivity index (χ1) is 17.2. The molecule has 0 unspecified atom stereocenters. The van der Waals surface area contributed by atoms with Gasteiger partial charge in [-0.3, -0.25) is 4.79 Å². The van der Waals surface area contributed by atoms with Crippen molar-refractivity contribution in [3.05, 3.63) is 52.0 Å². The standard InChI is InChI=1S/C26H33F2N3O5S/c1-25(2,3)35-23(33)31(24(34)36-26(4,5)6)19-11-10-16(17-8-7-9-18(27)21(17)28)14-30(22(19)32)15-20-29-12-13-37-20/h7-9,12-13,16,19H,10-11,14-15H2,1-6H3/t16-,19-/m1/s1. The number of imide groups is 1. The van der Waals surface area contributed by atoms with Crippen LogP contribution in [0.3, 0.4) is 0 Å². The molecule has 1 aliphatic rings. The first-order valence-corrected chi connectivity index (χ1v) is 12.9. The number of ether oxygens (including phenoxy) is 2. The molecule has 1 fully saturated rings. The zero-order valence-corrected chi connectivity index (χ0v) is 22.7. The predicted octanol–water partition coefficient (Wildman–Crippen LogP) is 5.87. The monoisotopic (exact) mass is 537 g/mol. The van der Waals surface area contributed by atoms with E-state index in [2.05, 4.69) is 4.98 Å². The van der Waals surface area contributed by atoms with Gasteiger partial charge in [-0.05, 0) is 66.0 Å². The lowest BCUT2D eigenvalue weighted by molar-refractivity contribution is -0.137. The van der Waals surface area contributed by atoms with Crippen LogP contribution < -0.4 is 0 Å². The number of halogens is 2. The number of hydrogen-bond acceptors (Lipinski definition) is 7. The number of benzene rings is 1. The highest BCUT2D eigenvalue weighted by Crippen LogP contribution is 2.33. The zero-order chi connectivity index (χ0) is 27.5. The lowest BCUT2D eigenvalue weighted by atomic mass is 9.93. The Morgan fingerprint density at radius 3 is 2.24 bits per heavy atom. The van der Waals surface area contributed by atoms with Gasteiger partial charge in [-0.25, -0.2) is 23.4 Å². The smallest absolute Gasteiger partial charge is 0.420 e. The number of likely N-dealkylation sites (tertiary alicyclic amines) is 1. The van der Waals surface area contributed by atoms with Crippen LogP contribution in [0, 0.1) is 11.6 Å². The highest BCUT2D eigenvalue weighted by Gasteiger charge is 2.44. The fourth-order valence-corrected chi connectivity index (χ4v) is 4.69. The molecule has 1 aromatic heterocycles. The van der Waals surface area contributed by atoms with E-state index in [0.717, 1.165) is 6.07 Å². The van der Waals surface area contributed by atoms with E-state index < -0.39 is 52.9 Å². The van der Waals surface area contributed by atoms with E-state index in [1.165, 1.54) is 28.4 Å². The number of aromatic nitrogens is 1. The fourth-order valence-electron chi connectivity index (χ4n) is 4.06. The van der Waals surface area contributed by atoms with Gasteiger partial charge in [0.25, 0.3) is 0 Å². The van der Waals surface area contributed by atoms with Crippen molar-refractivity contribution in [3.63, 3.8) is 0 Å². The first kappa shape index (κ1) is 28.5. The Labute approximate surface area is 219 Å². The Morgan fingerprint density at radius 2 is 1.70 bits per heavy atom. The van der Waals surface area contributed by atoms with Crippen LogP contribution in [-0.2, 0) is 20.8 Å². The molecule has 2 aromatic rings. The lowest BCUT2D eigenvalue weighted by Gasteiger charge is -2.33. The SMILES string of the molecule is CC(C)(C)OC(=O)N(C(=O)OC(C)(C)C)[C@@H]1CC[C@@H](c2cccc(F)c2F)CN(Cc2nccs2)C1=O. The van der Waals surface area contributed by atoms with Crippen molar-refractivity contribution in [2.75, 3.05) is 6.54 Å². The second kappa shape index (κ2) is 11.1. The molecular weight excluding hydrogens is 504 g/mol. The molecule has 0 radical (unpaired) electrons. The summed E-state index contributed by atoms with van der Waals surface area (Å²) >= 11 is 1.33. The third kappa shape index (κ3) is 7.47. The van der Waals surface area contributed by atoms with Gasteiger partial charge >= 0.3 is 12.2 Å². The van der Waals surface area contributed by atoms with Crippen molar-refractivity contribution < 1.29 is 32.6 Å². The topological polar surface area (TPSA) is 89.0 Å².